The van der Waals surface area contributed by atoms with Crippen LogP contribution in [0.1, 0.15) is 17.0 Å². The molecule has 0 aromatic carbocycles. The maximum Gasteiger partial charge on any atom is 0.138 e. The third-order valence-corrected chi connectivity index (χ3v) is 2.77. The fourth-order valence-corrected chi connectivity index (χ4v) is 1.82. The van der Waals surface area contributed by atoms with Gasteiger partial charge in [0.25, 0.3) is 0 Å². The van der Waals surface area contributed by atoms with Gasteiger partial charge in [-0.05, 0) is 13.8 Å². The van der Waals surface area contributed by atoms with Gasteiger partial charge in [-0.15, -0.1) is 0 Å². The molecule has 0 amide bonds. The molecule has 78 valence electrons. The van der Waals surface area contributed by atoms with E-state index in [1.54, 1.807) is 0 Å². The molecule has 4 nitrogen and oxygen atoms in total. The number of hydrogen-bond acceptors (Lipinski definition) is 4. The Kier molecular flexibility index (Phi) is 2.84. The summed E-state index contributed by atoms with van der Waals surface area (Å²) in [6.07, 6.45) is 0. The van der Waals surface area contributed by atoms with E-state index in [2.05, 4.69) is 15.4 Å². The van der Waals surface area contributed by atoms with Gasteiger partial charge < -0.3 is 9.84 Å². The van der Waals surface area contributed by atoms with Crippen LogP contribution in [0.25, 0.3) is 0 Å². The van der Waals surface area contributed by atoms with Crippen LogP contribution >= 0.6 is 0 Å². The van der Waals surface area contributed by atoms with E-state index in [4.69, 9.17) is 4.52 Å². The molecule has 1 N–H and O–H groups in total. The van der Waals surface area contributed by atoms with E-state index in [-0.39, 0.29) is 0 Å². The first kappa shape index (κ1) is 9.68. The predicted octanol–water partition coefficient (Wildman–Crippen LogP) is 0.697. The second-order valence-corrected chi connectivity index (χ2v) is 3.83. The molecular weight excluding hydrogens is 178 g/mol. The lowest BCUT2D eigenvalue weighted by Crippen LogP contribution is -2.43. The number of rotatable bonds is 2. The highest BCUT2D eigenvalue weighted by Gasteiger charge is 2.15. The van der Waals surface area contributed by atoms with Crippen molar-refractivity contribution in [2.45, 2.75) is 20.4 Å². The molecule has 0 radical (unpaired) electrons. The minimum Gasteiger partial charge on any atom is -0.361 e. The first-order valence-corrected chi connectivity index (χ1v) is 5.12. The monoisotopic (exact) mass is 195 g/mol. The zero-order valence-corrected chi connectivity index (χ0v) is 8.84. The third-order valence-electron chi connectivity index (χ3n) is 2.77. The van der Waals surface area contributed by atoms with E-state index < -0.39 is 0 Å². The van der Waals surface area contributed by atoms with Crippen molar-refractivity contribution in [2.75, 3.05) is 26.2 Å². The van der Waals surface area contributed by atoms with Crippen LogP contribution in [0.2, 0.25) is 0 Å². The van der Waals surface area contributed by atoms with Crippen LogP contribution < -0.4 is 5.32 Å². The van der Waals surface area contributed by atoms with Crippen molar-refractivity contribution >= 4 is 0 Å². The Hall–Kier alpha value is -0.870. The van der Waals surface area contributed by atoms with Crippen LogP contribution in [0.15, 0.2) is 4.52 Å². The lowest BCUT2D eigenvalue weighted by molar-refractivity contribution is 0.231. The van der Waals surface area contributed by atoms with Crippen molar-refractivity contribution in [3.05, 3.63) is 17.0 Å². The maximum absolute atomic E-state index is 5.14. The van der Waals surface area contributed by atoms with Crippen LogP contribution in [0.5, 0.6) is 0 Å². The van der Waals surface area contributed by atoms with Gasteiger partial charge in [0.15, 0.2) is 0 Å². The summed E-state index contributed by atoms with van der Waals surface area (Å²) in [6.45, 7) is 9.37. The summed E-state index contributed by atoms with van der Waals surface area (Å²) in [4.78, 5) is 2.43. The van der Waals surface area contributed by atoms with E-state index in [1.807, 2.05) is 13.8 Å². The highest BCUT2D eigenvalue weighted by Crippen LogP contribution is 2.14. The van der Waals surface area contributed by atoms with Crippen molar-refractivity contribution in [1.82, 2.24) is 15.4 Å². The van der Waals surface area contributed by atoms with Crippen molar-refractivity contribution in [3.8, 4) is 0 Å². The molecule has 0 aliphatic carbocycles. The number of hydrogen-bond donors (Lipinski definition) is 1. The number of nitrogens with one attached hydrogen (secondary N) is 1. The minimum atomic E-state index is 0.959. The van der Waals surface area contributed by atoms with Gasteiger partial charge >= 0.3 is 0 Å². The van der Waals surface area contributed by atoms with Crippen LogP contribution in [0.4, 0.5) is 0 Å². The largest absolute Gasteiger partial charge is 0.361 e. The van der Waals surface area contributed by atoms with Gasteiger partial charge in [0.2, 0.25) is 0 Å². The summed E-state index contributed by atoms with van der Waals surface area (Å²) in [5, 5.41) is 7.31. The summed E-state index contributed by atoms with van der Waals surface area (Å²) < 4.78 is 5.14. The lowest BCUT2D eigenvalue weighted by Gasteiger charge is -2.26. The summed E-state index contributed by atoms with van der Waals surface area (Å²) in [6, 6.07) is 0. The molecule has 0 saturated carbocycles. The average molecular weight is 195 g/mol. The van der Waals surface area contributed by atoms with Gasteiger partial charge in [0.05, 0.1) is 5.69 Å². The van der Waals surface area contributed by atoms with Gasteiger partial charge in [-0.1, -0.05) is 5.16 Å². The van der Waals surface area contributed by atoms with Gasteiger partial charge in [-0.2, -0.15) is 0 Å². The molecule has 14 heavy (non-hydrogen) atoms. The first-order valence-electron chi connectivity index (χ1n) is 5.12. The second kappa shape index (κ2) is 4.11. The molecule has 1 fully saturated rings. The molecule has 4 heteroatoms. The van der Waals surface area contributed by atoms with Crippen molar-refractivity contribution in [3.63, 3.8) is 0 Å². The van der Waals surface area contributed by atoms with Crippen molar-refractivity contribution in [1.29, 1.82) is 0 Å². The van der Waals surface area contributed by atoms with Crippen LogP contribution in [0, 0.1) is 13.8 Å². The molecule has 1 aliphatic heterocycles. The minimum absolute atomic E-state index is 0.959. The zero-order valence-electron chi connectivity index (χ0n) is 8.84. The van der Waals surface area contributed by atoms with Gasteiger partial charge in [0.1, 0.15) is 5.76 Å². The fourth-order valence-electron chi connectivity index (χ4n) is 1.82. The predicted molar refractivity (Wildman–Crippen MR) is 54.1 cm³/mol. The topological polar surface area (TPSA) is 41.3 Å². The van der Waals surface area contributed by atoms with E-state index in [1.165, 1.54) is 5.56 Å². The molecule has 2 heterocycles. The Morgan fingerprint density at radius 3 is 2.64 bits per heavy atom. The highest BCUT2D eigenvalue weighted by molar-refractivity contribution is 5.20. The number of piperazine rings is 1. The molecule has 1 aromatic heterocycles. The Bertz CT molecular complexity index is 283. The van der Waals surface area contributed by atoms with Gasteiger partial charge in [0, 0.05) is 38.3 Å². The lowest BCUT2D eigenvalue weighted by atomic mass is 10.2. The average Bonchev–Trinajstić information content (AvgIpc) is 2.51. The second-order valence-electron chi connectivity index (χ2n) is 3.83. The summed E-state index contributed by atoms with van der Waals surface area (Å²) in [7, 11) is 0. The Morgan fingerprint density at radius 2 is 2.07 bits per heavy atom. The molecule has 1 aromatic rings. The Labute approximate surface area is 84.3 Å². The van der Waals surface area contributed by atoms with Crippen molar-refractivity contribution < 1.29 is 4.52 Å². The number of nitrogens with zero attached hydrogens (tertiary/aromatic N) is 2. The van der Waals surface area contributed by atoms with Crippen LogP contribution in [0.3, 0.4) is 0 Å². The summed E-state index contributed by atoms with van der Waals surface area (Å²) in [5.74, 6) is 0.959. The molecule has 0 unspecified atom stereocenters. The van der Waals surface area contributed by atoms with E-state index in [0.717, 1.165) is 44.2 Å². The molecule has 1 aliphatic rings. The van der Waals surface area contributed by atoms with Crippen molar-refractivity contribution in [2.24, 2.45) is 0 Å². The maximum atomic E-state index is 5.14. The Balaban J connectivity index is 2.02. The van der Waals surface area contributed by atoms with Gasteiger partial charge in [-0.25, -0.2) is 0 Å². The Morgan fingerprint density at radius 1 is 1.36 bits per heavy atom. The normalized spacial score (nSPS) is 18.7. The van der Waals surface area contributed by atoms with Crippen LogP contribution in [-0.4, -0.2) is 36.2 Å². The first-order chi connectivity index (χ1) is 6.77. The third kappa shape index (κ3) is 1.96. The van der Waals surface area contributed by atoms with E-state index in [9.17, 15) is 0 Å². The molecular formula is C10H17N3O. The smallest absolute Gasteiger partial charge is 0.138 e. The molecule has 0 atom stereocenters. The summed E-state index contributed by atoms with van der Waals surface area (Å²) in [5.41, 5.74) is 2.29. The van der Waals surface area contributed by atoms with Crippen LogP contribution in [-0.2, 0) is 6.54 Å². The molecule has 1 saturated heterocycles. The van der Waals surface area contributed by atoms with E-state index >= 15 is 0 Å². The van der Waals surface area contributed by atoms with Gasteiger partial charge in [-0.3, -0.25) is 4.90 Å². The molecule has 2 rings (SSSR count). The number of aromatic nitrogens is 1. The SMILES string of the molecule is Cc1noc(C)c1CN1CCNCC1. The molecule has 0 bridgehead atoms. The fraction of sp³-hybridized carbons (Fsp3) is 0.700. The summed E-state index contributed by atoms with van der Waals surface area (Å²) >= 11 is 0. The standard InChI is InChI=1S/C10H17N3O/c1-8-10(9(2)14-12-8)7-13-5-3-11-4-6-13/h11H,3-7H2,1-2H3. The molecule has 0 spiro atoms. The highest BCUT2D eigenvalue weighted by atomic mass is 16.5. The zero-order chi connectivity index (χ0) is 9.97. The quantitative estimate of drug-likeness (QED) is 0.754. The van der Waals surface area contributed by atoms with E-state index in [0.29, 0.717) is 0 Å². The number of aryl methyl sites for hydroxylation is 2.